The molecule has 0 aromatic heterocycles. The predicted molar refractivity (Wildman–Crippen MR) is 101 cm³/mol. The lowest BCUT2D eigenvalue weighted by Crippen LogP contribution is -2.13. The number of carbonyl (C=O) groups is 1. The summed E-state index contributed by atoms with van der Waals surface area (Å²) in [6.07, 6.45) is 0. The van der Waals surface area contributed by atoms with Gasteiger partial charge in [0.1, 0.15) is 0 Å². The number of benzene rings is 2. The minimum absolute atomic E-state index is 0.170. The van der Waals surface area contributed by atoms with Crippen LogP contribution in [0.3, 0.4) is 0 Å². The SMILES string of the molecule is CCOc1c(I)cc(C(=O)Nc2ccc(C)cc2C)cc1OC. The number of aryl methyl sites for hydroxylation is 2. The van der Waals surface area contributed by atoms with Gasteiger partial charge in [-0.3, -0.25) is 4.79 Å². The summed E-state index contributed by atoms with van der Waals surface area (Å²) in [5.74, 6) is 1.06. The number of hydrogen-bond acceptors (Lipinski definition) is 3. The summed E-state index contributed by atoms with van der Waals surface area (Å²) in [5, 5.41) is 2.95. The van der Waals surface area contributed by atoms with Crippen molar-refractivity contribution in [1.82, 2.24) is 0 Å². The van der Waals surface area contributed by atoms with Crippen molar-refractivity contribution < 1.29 is 14.3 Å². The number of amides is 1. The van der Waals surface area contributed by atoms with Crippen LogP contribution in [0.25, 0.3) is 0 Å². The van der Waals surface area contributed by atoms with E-state index in [1.165, 1.54) is 0 Å². The van der Waals surface area contributed by atoms with E-state index < -0.39 is 0 Å². The zero-order valence-electron chi connectivity index (χ0n) is 13.7. The molecule has 122 valence electrons. The van der Waals surface area contributed by atoms with E-state index in [0.29, 0.717) is 23.7 Å². The van der Waals surface area contributed by atoms with E-state index in [1.54, 1.807) is 19.2 Å². The van der Waals surface area contributed by atoms with Gasteiger partial charge in [-0.2, -0.15) is 0 Å². The number of methoxy groups -OCH3 is 1. The first kappa shape index (κ1) is 17.6. The molecule has 5 heteroatoms. The van der Waals surface area contributed by atoms with Crippen LogP contribution in [-0.4, -0.2) is 19.6 Å². The average Bonchev–Trinajstić information content (AvgIpc) is 2.51. The molecule has 2 aromatic carbocycles. The van der Waals surface area contributed by atoms with Crippen molar-refractivity contribution in [2.24, 2.45) is 0 Å². The second kappa shape index (κ2) is 7.68. The Labute approximate surface area is 150 Å². The van der Waals surface area contributed by atoms with Gasteiger partial charge in [-0.25, -0.2) is 0 Å². The Morgan fingerprint density at radius 1 is 1.22 bits per heavy atom. The fourth-order valence-electron chi connectivity index (χ4n) is 2.28. The van der Waals surface area contributed by atoms with Gasteiger partial charge < -0.3 is 14.8 Å². The number of nitrogens with one attached hydrogen (secondary N) is 1. The van der Waals surface area contributed by atoms with E-state index in [-0.39, 0.29) is 5.91 Å². The highest BCUT2D eigenvalue weighted by atomic mass is 127. The molecule has 0 fully saturated rings. The lowest BCUT2D eigenvalue weighted by atomic mass is 10.1. The number of halogens is 1. The first-order valence-electron chi connectivity index (χ1n) is 7.35. The molecule has 0 saturated carbocycles. The quantitative estimate of drug-likeness (QED) is 0.715. The van der Waals surface area contributed by atoms with Gasteiger partial charge in [0.15, 0.2) is 11.5 Å². The highest BCUT2D eigenvalue weighted by molar-refractivity contribution is 14.1. The predicted octanol–water partition coefficient (Wildman–Crippen LogP) is 4.57. The van der Waals surface area contributed by atoms with Gasteiger partial charge >= 0.3 is 0 Å². The Hall–Kier alpha value is -1.76. The number of ether oxygens (including phenoxy) is 2. The largest absolute Gasteiger partial charge is 0.493 e. The van der Waals surface area contributed by atoms with Crippen molar-refractivity contribution in [3.8, 4) is 11.5 Å². The van der Waals surface area contributed by atoms with Crippen molar-refractivity contribution in [1.29, 1.82) is 0 Å². The molecule has 2 rings (SSSR count). The molecule has 0 spiro atoms. The van der Waals surface area contributed by atoms with E-state index in [9.17, 15) is 4.79 Å². The van der Waals surface area contributed by atoms with Crippen molar-refractivity contribution >= 4 is 34.2 Å². The minimum Gasteiger partial charge on any atom is -0.493 e. The molecule has 0 aliphatic carbocycles. The molecule has 4 nitrogen and oxygen atoms in total. The molecule has 2 aromatic rings. The van der Waals surface area contributed by atoms with Crippen LogP contribution in [0.1, 0.15) is 28.4 Å². The van der Waals surface area contributed by atoms with Gasteiger partial charge in [0.25, 0.3) is 5.91 Å². The van der Waals surface area contributed by atoms with Crippen LogP contribution in [0.5, 0.6) is 11.5 Å². The maximum Gasteiger partial charge on any atom is 0.255 e. The average molecular weight is 425 g/mol. The van der Waals surface area contributed by atoms with E-state index in [1.807, 2.05) is 39.0 Å². The molecular formula is C18H20INO3. The van der Waals surface area contributed by atoms with Crippen LogP contribution in [0.2, 0.25) is 0 Å². The Bertz CT molecular complexity index is 728. The first-order chi connectivity index (χ1) is 11.0. The molecular weight excluding hydrogens is 405 g/mol. The Balaban J connectivity index is 2.30. The second-order valence-electron chi connectivity index (χ2n) is 5.19. The summed E-state index contributed by atoms with van der Waals surface area (Å²) in [6.45, 7) is 6.46. The second-order valence-corrected chi connectivity index (χ2v) is 6.36. The van der Waals surface area contributed by atoms with Gasteiger partial charge in [-0.15, -0.1) is 0 Å². The highest BCUT2D eigenvalue weighted by Crippen LogP contribution is 2.34. The highest BCUT2D eigenvalue weighted by Gasteiger charge is 2.16. The first-order valence-corrected chi connectivity index (χ1v) is 8.43. The van der Waals surface area contributed by atoms with Crippen molar-refractivity contribution in [2.75, 3.05) is 19.0 Å². The Morgan fingerprint density at radius 2 is 1.96 bits per heavy atom. The monoisotopic (exact) mass is 425 g/mol. The third kappa shape index (κ3) is 4.16. The maximum atomic E-state index is 12.5. The fraction of sp³-hybridized carbons (Fsp3) is 0.278. The molecule has 0 aliphatic rings. The van der Waals surface area contributed by atoms with E-state index >= 15 is 0 Å². The molecule has 0 aliphatic heterocycles. The molecule has 0 bridgehead atoms. The van der Waals surface area contributed by atoms with Crippen molar-refractivity contribution in [2.45, 2.75) is 20.8 Å². The van der Waals surface area contributed by atoms with E-state index in [0.717, 1.165) is 20.4 Å². The van der Waals surface area contributed by atoms with Crippen LogP contribution in [0.15, 0.2) is 30.3 Å². The number of rotatable bonds is 5. The van der Waals surface area contributed by atoms with Crippen LogP contribution in [0, 0.1) is 17.4 Å². The fourth-order valence-corrected chi connectivity index (χ4v) is 3.04. The van der Waals surface area contributed by atoms with E-state index in [2.05, 4.69) is 27.9 Å². The third-order valence-corrected chi connectivity index (χ3v) is 4.21. The lowest BCUT2D eigenvalue weighted by molar-refractivity contribution is 0.102. The minimum atomic E-state index is -0.170. The smallest absolute Gasteiger partial charge is 0.255 e. The summed E-state index contributed by atoms with van der Waals surface area (Å²) >= 11 is 2.15. The zero-order valence-corrected chi connectivity index (χ0v) is 15.9. The van der Waals surface area contributed by atoms with Crippen molar-refractivity contribution in [3.05, 3.63) is 50.6 Å². The standard InChI is InChI=1S/C18H20INO3/c1-5-23-17-14(19)9-13(10-16(17)22-4)18(21)20-15-7-6-11(2)8-12(15)3/h6-10H,5H2,1-4H3,(H,20,21). The summed E-state index contributed by atoms with van der Waals surface area (Å²) in [6, 6.07) is 9.43. The molecule has 0 saturated heterocycles. The summed E-state index contributed by atoms with van der Waals surface area (Å²) in [7, 11) is 1.57. The van der Waals surface area contributed by atoms with Crippen LogP contribution in [0.4, 0.5) is 5.69 Å². The van der Waals surface area contributed by atoms with E-state index in [4.69, 9.17) is 9.47 Å². The van der Waals surface area contributed by atoms with Gasteiger partial charge in [-0.1, -0.05) is 17.7 Å². The molecule has 1 amide bonds. The Morgan fingerprint density at radius 3 is 2.57 bits per heavy atom. The summed E-state index contributed by atoms with van der Waals surface area (Å²) in [5.41, 5.74) is 3.54. The number of anilines is 1. The van der Waals surface area contributed by atoms with Crippen LogP contribution < -0.4 is 14.8 Å². The molecule has 0 unspecified atom stereocenters. The molecule has 1 N–H and O–H groups in total. The van der Waals surface area contributed by atoms with Gasteiger partial charge in [0.05, 0.1) is 17.3 Å². The third-order valence-electron chi connectivity index (χ3n) is 3.41. The Kier molecular flexibility index (Phi) is 5.87. The number of carbonyl (C=O) groups excluding carboxylic acids is 1. The van der Waals surface area contributed by atoms with Gasteiger partial charge in [0, 0.05) is 11.3 Å². The molecule has 0 heterocycles. The van der Waals surface area contributed by atoms with Gasteiger partial charge in [0.2, 0.25) is 0 Å². The van der Waals surface area contributed by atoms with Crippen molar-refractivity contribution in [3.63, 3.8) is 0 Å². The normalized spacial score (nSPS) is 10.3. The summed E-state index contributed by atoms with van der Waals surface area (Å²) in [4.78, 5) is 12.5. The van der Waals surface area contributed by atoms with Crippen LogP contribution >= 0.6 is 22.6 Å². The topological polar surface area (TPSA) is 47.6 Å². The zero-order chi connectivity index (χ0) is 17.0. The molecule has 0 radical (unpaired) electrons. The van der Waals surface area contributed by atoms with Gasteiger partial charge in [-0.05, 0) is 67.1 Å². The van der Waals surface area contributed by atoms with Crippen LogP contribution in [-0.2, 0) is 0 Å². The number of hydrogen-bond donors (Lipinski definition) is 1. The summed E-state index contributed by atoms with van der Waals surface area (Å²) < 4.78 is 11.8. The maximum absolute atomic E-state index is 12.5. The molecule has 23 heavy (non-hydrogen) atoms. The lowest BCUT2D eigenvalue weighted by Gasteiger charge is -2.14. The molecule has 0 atom stereocenters.